The summed E-state index contributed by atoms with van der Waals surface area (Å²) in [6.45, 7) is 4.03. The van der Waals surface area contributed by atoms with E-state index in [2.05, 4.69) is 19.9 Å². The molecular weight excluding hydrogens is 693 g/mol. The van der Waals surface area contributed by atoms with Crippen LogP contribution in [-0.2, 0) is 37.5 Å². The Hall–Kier alpha value is -1.84. The molecule has 0 heterocycles. The molecule has 0 saturated heterocycles. The van der Waals surface area contributed by atoms with Gasteiger partial charge in [-0.2, -0.15) is 0 Å². The summed E-state index contributed by atoms with van der Waals surface area (Å²) in [6.07, 6.45) is 31.6. The fourth-order valence-electron chi connectivity index (χ4n) is 5.58. The number of likely N-dealkylation sites (N-methyl/N-ethyl adjacent to an activating group) is 1. The zero-order chi connectivity index (χ0) is 39.5. The van der Waals surface area contributed by atoms with E-state index < -0.39 is 32.5 Å². The summed E-state index contributed by atoms with van der Waals surface area (Å²) in [5.41, 5.74) is 0. The van der Waals surface area contributed by atoms with Gasteiger partial charge in [0.05, 0.1) is 27.7 Å². The van der Waals surface area contributed by atoms with E-state index in [-0.39, 0.29) is 31.8 Å². The van der Waals surface area contributed by atoms with Gasteiger partial charge in [0.15, 0.2) is 11.9 Å². The predicted molar refractivity (Wildman–Crippen MR) is 213 cm³/mol. The van der Waals surface area contributed by atoms with Crippen LogP contribution in [0.5, 0.6) is 0 Å². The van der Waals surface area contributed by atoms with Gasteiger partial charge in [0.25, 0.3) is 7.82 Å². The van der Waals surface area contributed by atoms with E-state index in [0.717, 1.165) is 51.4 Å². The number of phosphoric acid groups is 1. The lowest BCUT2D eigenvalue weighted by Gasteiger charge is -2.28. The lowest BCUT2D eigenvalue weighted by molar-refractivity contribution is -0.870. The number of quaternary nitrogens is 1. The molecule has 10 nitrogen and oxygen atoms in total. The van der Waals surface area contributed by atoms with Crippen molar-refractivity contribution < 1.29 is 46.8 Å². The molecule has 2 atom stereocenters. The molecule has 0 aliphatic rings. The first-order chi connectivity index (χ1) is 25.4. The quantitative estimate of drug-likeness (QED) is 0.0150. The standard InChI is InChI=1S/C42H78NO9P/c1-6-8-10-12-14-15-16-17-18-19-21-25-30-34-42(46)52-40(38-51-53(47,48)50-36-35-43(3,4)5)37-49-41(45)33-29-26-22-24-28-32-39(44)31-27-23-20-13-11-9-7-2/h20,23,27,31,40H,6-19,21-22,24-26,28-30,32-38H2,1-5H3/b23-20-,31-27+/t40-/m1/s1. The molecule has 0 rings (SSSR count). The van der Waals surface area contributed by atoms with Crippen molar-refractivity contribution in [2.75, 3.05) is 47.5 Å². The van der Waals surface area contributed by atoms with Crippen LogP contribution in [-0.4, -0.2) is 75.8 Å². The molecule has 0 saturated carbocycles. The summed E-state index contributed by atoms with van der Waals surface area (Å²) in [5.74, 6) is -0.799. The molecule has 0 aromatic rings. The topological polar surface area (TPSA) is 128 Å². The van der Waals surface area contributed by atoms with Gasteiger partial charge in [-0.3, -0.25) is 18.9 Å². The third kappa shape index (κ3) is 38.2. The second kappa shape index (κ2) is 34.6. The first-order valence-corrected chi connectivity index (χ1v) is 22.5. The van der Waals surface area contributed by atoms with Crippen molar-refractivity contribution in [3.63, 3.8) is 0 Å². The zero-order valence-corrected chi connectivity index (χ0v) is 35.4. The van der Waals surface area contributed by atoms with Gasteiger partial charge in [-0.15, -0.1) is 0 Å². The minimum Gasteiger partial charge on any atom is -0.756 e. The number of ketones is 1. The maximum atomic E-state index is 12.6. The first-order valence-electron chi connectivity index (χ1n) is 21.0. The molecule has 0 aromatic heterocycles. The number of carbonyl (C=O) groups excluding carboxylic acids is 3. The molecule has 1 unspecified atom stereocenters. The Labute approximate surface area is 324 Å². The van der Waals surface area contributed by atoms with Gasteiger partial charge < -0.3 is 27.9 Å². The Bertz CT molecular complexity index is 1020. The number of ether oxygens (including phenoxy) is 2. The molecule has 53 heavy (non-hydrogen) atoms. The fraction of sp³-hybridized carbons (Fsp3) is 0.833. The van der Waals surface area contributed by atoms with E-state index >= 15 is 0 Å². The molecule has 0 aromatic carbocycles. The van der Waals surface area contributed by atoms with Crippen LogP contribution in [0.1, 0.15) is 174 Å². The highest BCUT2D eigenvalue weighted by molar-refractivity contribution is 7.45. The van der Waals surface area contributed by atoms with Gasteiger partial charge in [0.2, 0.25) is 0 Å². The number of hydrogen-bond acceptors (Lipinski definition) is 9. The SMILES string of the molecule is CCCCC/C=C\C=C\C(=O)CCCCCCCC(=O)OC[C@H](COP(=O)([O-])OCC[N+](C)(C)C)OC(=O)CCCCCCCCCCCCCCC. The molecule has 0 N–H and O–H groups in total. The van der Waals surface area contributed by atoms with E-state index in [0.29, 0.717) is 30.3 Å². The number of esters is 2. The van der Waals surface area contributed by atoms with Crippen LogP contribution in [0, 0.1) is 0 Å². The third-order valence-electron chi connectivity index (χ3n) is 8.95. The van der Waals surface area contributed by atoms with Crippen molar-refractivity contribution in [1.29, 1.82) is 0 Å². The maximum Gasteiger partial charge on any atom is 0.306 e. The van der Waals surface area contributed by atoms with E-state index in [9.17, 15) is 23.8 Å². The van der Waals surface area contributed by atoms with Crippen LogP contribution < -0.4 is 4.89 Å². The Balaban J connectivity index is 4.46. The normalized spacial score (nSPS) is 13.8. The van der Waals surface area contributed by atoms with Crippen molar-refractivity contribution in [1.82, 2.24) is 0 Å². The Morgan fingerprint density at radius 2 is 1.11 bits per heavy atom. The lowest BCUT2D eigenvalue weighted by atomic mass is 10.0. The summed E-state index contributed by atoms with van der Waals surface area (Å²) < 4.78 is 33.7. The van der Waals surface area contributed by atoms with Crippen LogP contribution in [0.2, 0.25) is 0 Å². The highest BCUT2D eigenvalue weighted by atomic mass is 31.2. The number of hydrogen-bond donors (Lipinski definition) is 0. The van der Waals surface area contributed by atoms with Gasteiger partial charge in [0.1, 0.15) is 19.8 Å². The smallest absolute Gasteiger partial charge is 0.306 e. The van der Waals surface area contributed by atoms with E-state index in [1.54, 1.807) is 6.08 Å². The molecular formula is C42H78NO9P. The number of unbranched alkanes of at least 4 members (excludes halogenated alkanes) is 19. The summed E-state index contributed by atoms with van der Waals surface area (Å²) in [6, 6.07) is 0. The van der Waals surface area contributed by atoms with Gasteiger partial charge in [-0.1, -0.05) is 141 Å². The summed E-state index contributed by atoms with van der Waals surface area (Å²) in [7, 11) is 1.10. The highest BCUT2D eigenvalue weighted by Gasteiger charge is 2.21. The summed E-state index contributed by atoms with van der Waals surface area (Å²) in [5, 5.41) is 0. The van der Waals surface area contributed by atoms with E-state index in [1.165, 1.54) is 77.0 Å². The molecule has 0 amide bonds. The molecule has 0 fully saturated rings. The first kappa shape index (κ1) is 51.2. The number of carbonyl (C=O) groups is 3. The molecule has 310 valence electrons. The van der Waals surface area contributed by atoms with Crippen molar-refractivity contribution in [3.05, 3.63) is 24.3 Å². The van der Waals surface area contributed by atoms with Gasteiger partial charge in [-0.05, 0) is 38.2 Å². The highest BCUT2D eigenvalue weighted by Crippen LogP contribution is 2.38. The Morgan fingerprint density at radius 1 is 0.623 bits per heavy atom. The van der Waals surface area contributed by atoms with Crippen LogP contribution in [0.4, 0.5) is 0 Å². The average Bonchev–Trinajstić information content (AvgIpc) is 3.10. The minimum atomic E-state index is -4.64. The van der Waals surface area contributed by atoms with E-state index in [1.807, 2.05) is 33.3 Å². The third-order valence-corrected chi connectivity index (χ3v) is 9.91. The van der Waals surface area contributed by atoms with E-state index in [4.69, 9.17) is 18.5 Å². The van der Waals surface area contributed by atoms with Crippen LogP contribution >= 0.6 is 7.82 Å². The zero-order valence-electron chi connectivity index (χ0n) is 34.5. The second-order valence-corrected chi connectivity index (χ2v) is 16.8. The van der Waals surface area contributed by atoms with Crippen molar-refractivity contribution in [3.8, 4) is 0 Å². The molecule has 0 radical (unpaired) electrons. The minimum absolute atomic E-state index is 0.0486. The van der Waals surface area contributed by atoms with Crippen molar-refractivity contribution >= 4 is 25.5 Å². The lowest BCUT2D eigenvalue weighted by Crippen LogP contribution is -2.37. The predicted octanol–water partition coefficient (Wildman–Crippen LogP) is 10.1. The van der Waals surface area contributed by atoms with Crippen molar-refractivity contribution in [2.24, 2.45) is 0 Å². The monoisotopic (exact) mass is 772 g/mol. The molecule has 0 aliphatic heterocycles. The Kier molecular flexibility index (Phi) is 33.4. The van der Waals surface area contributed by atoms with Crippen LogP contribution in [0.15, 0.2) is 24.3 Å². The average molecular weight is 772 g/mol. The van der Waals surface area contributed by atoms with Crippen LogP contribution in [0.25, 0.3) is 0 Å². The fourth-order valence-corrected chi connectivity index (χ4v) is 6.31. The van der Waals surface area contributed by atoms with Gasteiger partial charge in [-0.25, -0.2) is 0 Å². The molecule has 0 bridgehead atoms. The largest absolute Gasteiger partial charge is 0.756 e. The van der Waals surface area contributed by atoms with Gasteiger partial charge in [0, 0.05) is 19.3 Å². The number of nitrogens with zero attached hydrogens (tertiary/aromatic N) is 1. The Morgan fingerprint density at radius 3 is 1.66 bits per heavy atom. The van der Waals surface area contributed by atoms with Gasteiger partial charge >= 0.3 is 11.9 Å². The second-order valence-electron chi connectivity index (χ2n) is 15.4. The molecule has 11 heteroatoms. The van der Waals surface area contributed by atoms with Crippen LogP contribution in [0.3, 0.4) is 0 Å². The summed E-state index contributed by atoms with van der Waals surface area (Å²) in [4.78, 5) is 49.4. The number of phosphoric ester groups is 1. The molecule has 0 aliphatic carbocycles. The maximum absolute atomic E-state index is 12.6. The molecule has 0 spiro atoms. The summed E-state index contributed by atoms with van der Waals surface area (Å²) >= 11 is 0. The van der Waals surface area contributed by atoms with Crippen molar-refractivity contribution in [2.45, 2.75) is 180 Å². The number of rotatable bonds is 38. The number of allylic oxidation sites excluding steroid dienone is 4.